The Hall–Kier alpha value is -12.7. The van der Waals surface area contributed by atoms with Crippen molar-refractivity contribution in [2.75, 3.05) is 72.0 Å². The SMILES string of the molecule is CCCC[C@H]1C(=O)N(C)[C@@H](CCCC)C(=O)N[C@@H](CCCNC(=N)N)C(=O)C[C@H](C(=O)NCC(N)=O)CSCC(=O)N[C@@H](Cc2ccc(F)c(F)c2)C(=O)N(C)[C@@H](C)C(=O)N[C@@H](CC(N)=O)C(=O)N2CCC[C@H]2C(=O)N[C@@H](CN)C(=O)N[C@@H](CC(C)C)C(=O)N2C[C@H](O)C[C@H]2C(=O)N[C@@H](Cc2c[nH]c3ccccc23)C(=O)N[C@@H](CO)C(=O)N[C@@H](Cc2c[nH]c3ccccc23)C(=O)N1C. The standard InChI is InChI=1S/C89H126F2N22O19S/c1-9-11-24-68-81(125)102-60(23-17-29-97-89(95)96)72(116)36-52(77(121)100-42-74(94)118)45-133-46-75(119)101-63(33-49-27-28-56(90)57(91)32-49)84(128)109(6)48(5)76(120)104-65(38-73(93)117)86(130)112-30-18-26-69(112)82(126)107-66(39-92)79(123)105-62(31-47(3)4)87(131)113-43-53(115)37-71(113)83(127)103-61(34-50-40-98-58-21-15-13-19-54(50)58)78(122)108-67(44-114)80(124)106-64(35-51-41-99-59-22-16-14-20-55(51)59)85(129)111(8)70(25-12-10-2)88(132)110(68)7/h13-16,19-22,27-28,32,40-41,47-48,52-53,60-71,98-99,114-115H,9-12,17-18,23-26,29-31,33-39,42-46,92H2,1-8H3,(H2,93,117)(H2,94,118)(H,100,121)(H,101,119)(H,102,125)(H,103,127)(H,104,120)(H,105,123)(H,106,124)(H,107,126)(H,108,122)(H4,95,96,97)/t48-,52-,53+,60-,61-,62-,63-,64-,65-,66-,67-,68-,69-,70-,71-/m0/s1. The Balaban J connectivity index is 1.19. The zero-order valence-electron chi connectivity index (χ0n) is 76.0. The maximum Gasteiger partial charge on any atom is 0.246 e. The fourth-order valence-electron chi connectivity index (χ4n) is 16.5. The Morgan fingerprint density at radius 3 is 1.71 bits per heavy atom. The number of unbranched alkanes of at least 4 members (excludes halogenated alkanes) is 2. The molecule has 3 saturated heterocycles. The molecule has 2 aromatic heterocycles. The van der Waals surface area contributed by atoms with E-state index in [9.17, 15) is 62.1 Å². The number of nitrogens with one attached hydrogen (secondary N) is 13. The number of hydrogen-bond donors (Lipinski definition) is 19. The summed E-state index contributed by atoms with van der Waals surface area (Å²) >= 11 is 0.747. The Morgan fingerprint density at radius 2 is 1.11 bits per heavy atom. The monoisotopic (exact) mass is 1880 g/mol. The molecule has 0 bridgehead atoms. The average molecular weight is 1880 g/mol. The summed E-state index contributed by atoms with van der Waals surface area (Å²) < 4.78 is 29.3. The number of nitrogens with two attached hydrogens (primary N) is 4. The molecule has 0 spiro atoms. The number of aliphatic hydroxyl groups excluding tert-OH is 2. The number of fused-ring (bicyclic) bond motifs is 4. The van der Waals surface area contributed by atoms with E-state index in [1.54, 1.807) is 74.8 Å². The summed E-state index contributed by atoms with van der Waals surface area (Å²) in [5.41, 5.74) is 25.1. The topological polar surface area (TPSA) is 627 Å². The maximum atomic E-state index is 15.7. The number of rotatable bonds is 25. The minimum absolute atomic E-state index is 0.0113. The molecule has 16 amide bonds. The number of aromatic nitrogens is 2. The molecule has 3 aliphatic heterocycles. The summed E-state index contributed by atoms with van der Waals surface area (Å²) in [6, 6.07) is -4.00. The van der Waals surface area contributed by atoms with Crippen LogP contribution in [-0.2, 0) is 101 Å². The lowest BCUT2D eigenvalue weighted by Crippen LogP contribution is -2.62. The van der Waals surface area contributed by atoms with Gasteiger partial charge in [0.1, 0.15) is 72.5 Å². The minimum Gasteiger partial charge on any atom is -0.394 e. The second kappa shape index (κ2) is 50.2. The van der Waals surface area contributed by atoms with Crippen molar-refractivity contribution in [3.8, 4) is 0 Å². The predicted molar refractivity (Wildman–Crippen MR) is 486 cm³/mol. The first-order chi connectivity index (χ1) is 63.2. The van der Waals surface area contributed by atoms with Gasteiger partial charge in [-0.3, -0.25) is 86.9 Å². The third-order valence-electron chi connectivity index (χ3n) is 23.9. The van der Waals surface area contributed by atoms with E-state index in [2.05, 4.69) is 63.1 Å². The van der Waals surface area contributed by atoms with Crippen molar-refractivity contribution in [1.29, 1.82) is 5.41 Å². The minimum atomic E-state index is -1.90. The normalized spacial score (nSPS) is 25.0. The highest BCUT2D eigenvalue weighted by Crippen LogP contribution is 2.28. The van der Waals surface area contributed by atoms with Crippen LogP contribution in [0.25, 0.3) is 21.8 Å². The van der Waals surface area contributed by atoms with Gasteiger partial charge in [-0.1, -0.05) is 95.8 Å². The molecule has 23 N–H and O–H groups in total. The first-order valence-corrected chi connectivity index (χ1v) is 45.7. The molecule has 0 unspecified atom stereocenters. The number of carbonyl (C=O) groups is 17. The average Bonchev–Trinajstić information content (AvgIpc) is 1.70. The Morgan fingerprint density at radius 1 is 0.571 bits per heavy atom. The zero-order valence-corrected chi connectivity index (χ0v) is 76.8. The highest BCUT2D eigenvalue weighted by Gasteiger charge is 2.47. The maximum absolute atomic E-state index is 15.7. The number of nitrogens with zero attached hydrogens (tertiary/aromatic N) is 5. The number of primary amides is 2. The predicted octanol–water partition coefficient (Wildman–Crippen LogP) is -2.27. The van der Waals surface area contributed by atoms with Crippen molar-refractivity contribution in [3.63, 3.8) is 0 Å². The number of carbonyl (C=O) groups excluding carboxylic acids is 17. The number of aromatic amines is 2. The van der Waals surface area contributed by atoms with E-state index in [0.717, 1.165) is 61.5 Å². The number of Topliss-reactive ketones (excluding diaryl/α,β-unsaturated/α-hetero) is 1. The van der Waals surface area contributed by atoms with E-state index in [4.69, 9.17) is 28.3 Å². The molecule has 726 valence electrons. The molecule has 0 aliphatic carbocycles. The molecule has 3 aromatic carbocycles. The molecule has 0 radical (unpaired) electrons. The first kappa shape index (κ1) is 106. The van der Waals surface area contributed by atoms with Gasteiger partial charge in [-0.05, 0) is 98.7 Å². The summed E-state index contributed by atoms with van der Waals surface area (Å²) in [6.45, 7) is 5.22. The molecule has 3 fully saturated rings. The number of ketones is 1. The van der Waals surface area contributed by atoms with Crippen LogP contribution in [0.15, 0.2) is 79.1 Å². The van der Waals surface area contributed by atoms with Crippen LogP contribution in [0.2, 0.25) is 0 Å². The third-order valence-corrected chi connectivity index (χ3v) is 25.0. The number of likely N-dealkylation sites (N-methyl/N-ethyl adjacent to an activating group) is 3. The van der Waals surface area contributed by atoms with Crippen LogP contribution in [-0.4, -0.2) is 308 Å². The number of para-hydroxylation sites is 2. The number of H-pyrrole nitrogens is 2. The fourth-order valence-corrected chi connectivity index (χ4v) is 17.4. The van der Waals surface area contributed by atoms with Crippen molar-refractivity contribution in [3.05, 3.63) is 107 Å². The molecule has 5 aromatic rings. The van der Waals surface area contributed by atoms with Gasteiger partial charge in [0.2, 0.25) is 94.5 Å². The smallest absolute Gasteiger partial charge is 0.246 e. The number of aliphatic hydroxyl groups is 2. The van der Waals surface area contributed by atoms with Gasteiger partial charge in [-0.15, -0.1) is 0 Å². The van der Waals surface area contributed by atoms with Gasteiger partial charge in [0, 0.05) is 119 Å². The molecule has 8 rings (SSSR count). The molecular weight excluding hydrogens is 1750 g/mol. The van der Waals surface area contributed by atoms with Gasteiger partial charge in [-0.25, -0.2) is 8.78 Å². The lowest BCUT2D eigenvalue weighted by Gasteiger charge is -2.36. The van der Waals surface area contributed by atoms with Crippen molar-refractivity contribution in [2.24, 2.45) is 34.8 Å². The van der Waals surface area contributed by atoms with Gasteiger partial charge < -0.3 is 121 Å². The molecular formula is C89H126F2N22O19S. The molecule has 0 saturated carbocycles. The second-order valence-corrected chi connectivity index (χ2v) is 35.4. The molecule has 133 heavy (non-hydrogen) atoms. The van der Waals surface area contributed by atoms with E-state index in [1.165, 1.54) is 21.0 Å². The van der Waals surface area contributed by atoms with Gasteiger partial charge in [0.05, 0.1) is 43.4 Å². The van der Waals surface area contributed by atoms with E-state index in [0.29, 0.717) is 58.6 Å². The fraction of sp³-hybridized carbons (Fsp3) is 0.551. The molecule has 5 heterocycles. The van der Waals surface area contributed by atoms with E-state index in [1.807, 2.05) is 13.8 Å². The van der Waals surface area contributed by atoms with E-state index in [-0.39, 0.29) is 82.4 Å². The highest BCUT2D eigenvalue weighted by atomic mass is 32.2. The van der Waals surface area contributed by atoms with E-state index < -0.39 is 272 Å². The number of hydrogen-bond acceptors (Lipinski definition) is 22. The lowest BCUT2D eigenvalue weighted by atomic mass is 9.95. The lowest BCUT2D eigenvalue weighted by molar-refractivity contribution is -0.149. The number of halogens is 2. The first-order valence-electron chi connectivity index (χ1n) is 44.6. The molecule has 44 heteroatoms. The molecule has 41 nitrogen and oxygen atoms in total. The number of guanidine groups is 1. The van der Waals surface area contributed by atoms with Crippen LogP contribution in [0.1, 0.15) is 141 Å². The van der Waals surface area contributed by atoms with Crippen LogP contribution in [0.4, 0.5) is 8.78 Å². The second-order valence-electron chi connectivity index (χ2n) is 34.3. The van der Waals surface area contributed by atoms with E-state index >= 15 is 38.4 Å². The summed E-state index contributed by atoms with van der Waals surface area (Å²) in [4.78, 5) is 260. The van der Waals surface area contributed by atoms with Crippen molar-refractivity contribution < 1.29 is 101 Å². The van der Waals surface area contributed by atoms with Crippen molar-refractivity contribution in [1.82, 2.24) is 87.6 Å². The summed E-state index contributed by atoms with van der Waals surface area (Å²) in [6.07, 6.45) is 0.133. The summed E-state index contributed by atoms with van der Waals surface area (Å²) in [5, 5.41) is 57.6. The van der Waals surface area contributed by atoms with Crippen molar-refractivity contribution >= 4 is 140 Å². The van der Waals surface area contributed by atoms with Crippen LogP contribution in [0, 0.1) is 28.9 Å². The highest BCUT2D eigenvalue weighted by molar-refractivity contribution is 7.99. The van der Waals surface area contributed by atoms with Gasteiger partial charge >= 0.3 is 0 Å². The summed E-state index contributed by atoms with van der Waals surface area (Å²) in [5.74, 6) is -22.2. The van der Waals surface area contributed by atoms with Gasteiger partial charge in [-0.2, -0.15) is 11.8 Å². The van der Waals surface area contributed by atoms with Crippen LogP contribution < -0.4 is 76.1 Å². The Labute approximate surface area is 772 Å². The molecule has 15 atom stereocenters. The Bertz CT molecular complexity index is 5040. The summed E-state index contributed by atoms with van der Waals surface area (Å²) in [7, 11) is 3.80. The molecule has 3 aliphatic rings. The third kappa shape index (κ3) is 29.4. The largest absolute Gasteiger partial charge is 0.394 e. The van der Waals surface area contributed by atoms with Crippen molar-refractivity contribution in [2.45, 2.75) is 228 Å². The van der Waals surface area contributed by atoms with Crippen LogP contribution in [0.5, 0.6) is 0 Å². The van der Waals surface area contributed by atoms with Gasteiger partial charge in [0.15, 0.2) is 23.4 Å². The number of thioether (sulfide) groups is 1. The van der Waals surface area contributed by atoms with Crippen LogP contribution >= 0.6 is 11.8 Å². The zero-order chi connectivity index (χ0) is 97.8. The quantitative estimate of drug-likeness (QED) is 0.0166. The Kier molecular flexibility index (Phi) is 39.9. The van der Waals surface area contributed by atoms with Crippen LogP contribution in [0.3, 0.4) is 0 Å². The number of amides is 16. The number of benzene rings is 3. The van der Waals surface area contributed by atoms with Gasteiger partial charge in [0.25, 0.3) is 0 Å².